The summed E-state index contributed by atoms with van der Waals surface area (Å²) in [6.45, 7) is 4.29. The van der Waals surface area contributed by atoms with Crippen molar-refractivity contribution >= 4 is 22.3 Å². The van der Waals surface area contributed by atoms with Crippen LogP contribution in [-0.2, 0) is 0 Å². The summed E-state index contributed by atoms with van der Waals surface area (Å²) in [5.41, 5.74) is 9.73. The van der Waals surface area contributed by atoms with Crippen LogP contribution < -0.4 is 11.1 Å². The van der Waals surface area contributed by atoms with Crippen LogP contribution in [0.2, 0.25) is 0 Å². The van der Waals surface area contributed by atoms with Gasteiger partial charge in [0.15, 0.2) is 0 Å². The fraction of sp³-hybridized carbons (Fsp3) is 0.308. The number of anilines is 2. The van der Waals surface area contributed by atoms with E-state index in [2.05, 4.69) is 30.2 Å². The monoisotopic (exact) mass is 215 g/mol. The van der Waals surface area contributed by atoms with E-state index in [-0.39, 0.29) is 0 Å². The van der Waals surface area contributed by atoms with E-state index in [4.69, 9.17) is 5.73 Å². The van der Waals surface area contributed by atoms with Crippen molar-refractivity contribution in [3.05, 3.63) is 30.0 Å². The van der Waals surface area contributed by atoms with E-state index in [1.54, 1.807) is 0 Å². The van der Waals surface area contributed by atoms with Crippen LogP contribution in [0.3, 0.4) is 0 Å². The van der Waals surface area contributed by atoms with Gasteiger partial charge in [0, 0.05) is 29.5 Å². The largest absolute Gasteiger partial charge is 0.399 e. The number of nitrogens with zero attached hydrogens (tertiary/aromatic N) is 1. The number of nitrogens with two attached hydrogens (primary N) is 1. The molecule has 0 aliphatic rings. The summed E-state index contributed by atoms with van der Waals surface area (Å²) in [5, 5.41) is 4.27. The van der Waals surface area contributed by atoms with Gasteiger partial charge in [-0.25, -0.2) is 0 Å². The minimum atomic E-state index is 0.425. The van der Waals surface area contributed by atoms with E-state index >= 15 is 0 Å². The lowest BCUT2D eigenvalue weighted by Gasteiger charge is -2.11. The average Bonchev–Trinajstić information content (AvgIpc) is 2.27. The summed E-state index contributed by atoms with van der Waals surface area (Å²) >= 11 is 0. The molecule has 0 saturated carbocycles. The SMILES string of the molecule is CNc1cc(C(C)C)nc2ccc(N)cc12. The van der Waals surface area contributed by atoms with Gasteiger partial charge in [-0.3, -0.25) is 4.98 Å². The molecular formula is C13H17N3. The van der Waals surface area contributed by atoms with Crippen LogP contribution in [0.1, 0.15) is 25.5 Å². The molecule has 0 aliphatic heterocycles. The summed E-state index contributed by atoms with van der Waals surface area (Å²) in [7, 11) is 1.92. The minimum Gasteiger partial charge on any atom is -0.399 e. The highest BCUT2D eigenvalue weighted by atomic mass is 14.8. The van der Waals surface area contributed by atoms with Crippen molar-refractivity contribution in [1.29, 1.82) is 0 Å². The Hall–Kier alpha value is -1.77. The van der Waals surface area contributed by atoms with Crippen LogP contribution in [-0.4, -0.2) is 12.0 Å². The smallest absolute Gasteiger partial charge is 0.0727 e. The van der Waals surface area contributed by atoms with E-state index < -0.39 is 0 Å². The Bertz CT molecular complexity index is 518. The molecule has 3 nitrogen and oxygen atoms in total. The first-order valence-corrected chi connectivity index (χ1v) is 5.49. The number of nitrogens with one attached hydrogen (secondary N) is 1. The standard InChI is InChI=1S/C13H17N3/c1-8(2)12-7-13(15-3)10-6-9(14)4-5-11(10)16-12/h4-8H,14H2,1-3H3,(H,15,16). The summed E-state index contributed by atoms with van der Waals surface area (Å²) < 4.78 is 0. The quantitative estimate of drug-likeness (QED) is 0.757. The third-order valence-electron chi connectivity index (χ3n) is 2.71. The lowest BCUT2D eigenvalue weighted by atomic mass is 10.1. The van der Waals surface area contributed by atoms with Gasteiger partial charge in [0.2, 0.25) is 0 Å². The van der Waals surface area contributed by atoms with Gasteiger partial charge in [-0.05, 0) is 30.2 Å². The zero-order valence-corrected chi connectivity index (χ0v) is 9.91. The lowest BCUT2D eigenvalue weighted by molar-refractivity contribution is 0.830. The van der Waals surface area contributed by atoms with Gasteiger partial charge in [0.25, 0.3) is 0 Å². The number of aromatic nitrogens is 1. The van der Waals surface area contributed by atoms with Crippen LogP contribution in [0.4, 0.5) is 11.4 Å². The topological polar surface area (TPSA) is 50.9 Å². The van der Waals surface area contributed by atoms with Crippen molar-refractivity contribution < 1.29 is 0 Å². The minimum absolute atomic E-state index is 0.425. The van der Waals surface area contributed by atoms with Gasteiger partial charge in [0.1, 0.15) is 0 Å². The highest BCUT2D eigenvalue weighted by Crippen LogP contribution is 2.27. The molecule has 3 N–H and O–H groups in total. The van der Waals surface area contributed by atoms with Crippen molar-refractivity contribution in [2.45, 2.75) is 19.8 Å². The molecule has 2 rings (SSSR count). The molecule has 0 atom stereocenters. The van der Waals surface area contributed by atoms with Gasteiger partial charge in [-0.1, -0.05) is 13.8 Å². The average molecular weight is 215 g/mol. The fourth-order valence-corrected chi connectivity index (χ4v) is 1.77. The summed E-state index contributed by atoms with van der Waals surface area (Å²) in [5.74, 6) is 0.425. The van der Waals surface area contributed by atoms with Crippen molar-refractivity contribution in [1.82, 2.24) is 4.98 Å². The first-order valence-electron chi connectivity index (χ1n) is 5.49. The number of rotatable bonds is 2. The molecule has 1 heterocycles. The number of hydrogen-bond acceptors (Lipinski definition) is 3. The van der Waals surface area contributed by atoms with Crippen LogP contribution >= 0.6 is 0 Å². The molecule has 0 bridgehead atoms. The van der Waals surface area contributed by atoms with E-state index in [0.29, 0.717) is 5.92 Å². The number of benzene rings is 1. The molecule has 2 aromatic rings. The molecule has 16 heavy (non-hydrogen) atoms. The van der Waals surface area contributed by atoms with Crippen molar-refractivity contribution in [3.63, 3.8) is 0 Å². The van der Waals surface area contributed by atoms with Crippen LogP contribution in [0.15, 0.2) is 24.3 Å². The fourth-order valence-electron chi connectivity index (χ4n) is 1.77. The highest BCUT2D eigenvalue weighted by molar-refractivity contribution is 5.93. The molecule has 0 amide bonds. The van der Waals surface area contributed by atoms with E-state index in [0.717, 1.165) is 28.0 Å². The highest BCUT2D eigenvalue weighted by Gasteiger charge is 2.07. The molecule has 0 radical (unpaired) electrons. The number of hydrogen-bond donors (Lipinski definition) is 2. The molecule has 0 spiro atoms. The molecule has 0 aliphatic carbocycles. The Morgan fingerprint density at radius 1 is 1.25 bits per heavy atom. The second-order valence-corrected chi connectivity index (χ2v) is 4.28. The van der Waals surface area contributed by atoms with Crippen molar-refractivity contribution in [3.8, 4) is 0 Å². The Kier molecular flexibility index (Phi) is 2.69. The Balaban J connectivity index is 2.73. The zero-order valence-electron chi connectivity index (χ0n) is 9.91. The summed E-state index contributed by atoms with van der Waals surface area (Å²) in [6, 6.07) is 7.90. The van der Waals surface area contributed by atoms with Gasteiger partial charge < -0.3 is 11.1 Å². The summed E-state index contributed by atoms with van der Waals surface area (Å²) in [4.78, 5) is 4.63. The maximum Gasteiger partial charge on any atom is 0.0727 e. The predicted molar refractivity (Wildman–Crippen MR) is 69.8 cm³/mol. The second kappa shape index (κ2) is 4.00. The molecule has 1 aromatic heterocycles. The van der Waals surface area contributed by atoms with Crippen molar-refractivity contribution in [2.75, 3.05) is 18.1 Å². The van der Waals surface area contributed by atoms with Gasteiger partial charge in [-0.2, -0.15) is 0 Å². The summed E-state index contributed by atoms with van der Waals surface area (Å²) in [6.07, 6.45) is 0. The molecule has 3 heteroatoms. The first-order chi connectivity index (χ1) is 7.61. The molecule has 0 unspecified atom stereocenters. The molecule has 0 fully saturated rings. The van der Waals surface area contributed by atoms with Crippen molar-refractivity contribution in [2.24, 2.45) is 0 Å². The van der Waals surface area contributed by atoms with Crippen LogP contribution in [0, 0.1) is 0 Å². The lowest BCUT2D eigenvalue weighted by Crippen LogP contribution is -1.98. The second-order valence-electron chi connectivity index (χ2n) is 4.28. The zero-order chi connectivity index (χ0) is 11.7. The first kappa shape index (κ1) is 10.7. The Morgan fingerprint density at radius 3 is 2.62 bits per heavy atom. The van der Waals surface area contributed by atoms with E-state index in [1.807, 2.05) is 25.2 Å². The Labute approximate surface area is 95.7 Å². The molecule has 1 aromatic carbocycles. The van der Waals surface area contributed by atoms with Gasteiger partial charge in [-0.15, -0.1) is 0 Å². The van der Waals surface area contributed by atoms with Crippen LogP contribution in [0.25, 0.3) is 10.9 Å². The third-order valence-corrected chi connectivity index (χ3v) is 2.71. The molecule has 0 saturated heterocycles. The van der Waals surface area contributed by atoms with E-state index in [1.165, 1.54) is 0 Å². The number of pyridine rings is 1. The number of nitrogen functional groups attached to an aromatic ring is 1. The number of fused-ring (bicyclic) bond motifs is 1. The van der Waals surface area contributed by atoms with E-state index in [9.17, 15) is 0 Å². The predicted octanol–water partition coefficient (Wildman–Crippen LogP) is 2.98. The third kappa shape index (κ3) is 1.81. The van der Waals surface area contributed by atoms with Gasteiger partial charge in [0.05, 0.1) is 5.52 Å². The normalized spacial score (nSPS) is 11.0. The maximum absolute atomic E-state index is 5.79. The Morgan fingerprint density at radius 2 is 2.00 bits per heavy atom. The molecule has 84 valence electrons. The van der Waals surface area contributed by atoms with Crippen LogP contribution in [0.5, 0.6) is 0 Å². The maximum atomic E-state index is 5.79. The molecular weight excluding hydrogens is 198 g/mol. The van der Waals surface area contributed by atoms with Gasteiger partial charge >= 0.3 is 0 Å².